The summed E-state index contributed by atoms with van der Waals surface area (Å²) < 4.78 is 5.06. The molecule has 0 radical (unpaired) electrons. The highest BCUT2D eigenvalue weighted by Gasteiger charge is 2.38. The second kappa shape index (κ2) is 6.49. The van der Waals surface area contributed by atoms with Crippen LogP contribution in [0.5, 0.6) is 0 Å². The van der Waals surface area contributed by atoms with E-state index in [1.165, 1.54) is 38.6 Å². The van der Waals surface area contributed by atoms with Crippen LogP contribution >= 0.6 is 0 Å². The zero-order valence-electron chi connectivity index (χ0n) is 10.6. The van der Waals surface area contributed by atoms with E-state index in [0.717, 1.165) is 19.1 Å². The number of methoxy groups -OCH3 is 1. The molecule has 0 spiro atoms. The Morgan fingerprint density at radius 3 is 2.33 bits per heavy atom. The second-order valence-electron chi connectivity index (χ2n) is 4.87. The summed E-state index contributed by atoms with van der Waals surface area (Å²) >= 11 is 0. The zero-order valence-corrected chi connectivity index (χ0v) is 10.6. The standard InChI is InChI=1S/C13H27NO/c1-4-13(5-2,12-7-6-8-12)11-14-9-10-15-3/h12,14H,4-11H2,1-3H3. The molecule has 1 N–H and O–H groups in total. The molecule has 1 saturated carbocycles. The van der Waals surface area contributed by atoms with Gasteiger partial charge in [0.1, 0.15) is 0 Å². The Morgan fingerprint density at radius 1 is 1.27 bits per heavy atom. The molecule has 0 aliphatic heterocycles. The first kappa shape index (κ1) is 13.0. The van der Waals surface area contributed by atoms with Crippen molar-refractivity contribution in [3.63, 3.8) is 0 Å². The average molecular weight is 213 g/mol. The Kier molecular flexibility index (Phi) is 5.62. The Morgan fingerprint density at radius 2 is 1.93 bits per heavy atom. The maximum Gasteiger partial charge on any atom is 0.0587 e. The Balaban J connectivity index is 2.34. The van der Waals surface area contributed by atoms with Crippen LogP contribution in [0.25, 0.3) is 0 Å². The fraction of sp³-hybridized carbons (Fsp3) is 1.00. The maximum atomic E-state index is 5.06. The fourth-order valence-corrected chi connectivity index (χ4v) is 2.75. The Hall–Kier alpha value is -0.0800. The Labute approximate surface area is 94.8 Å². The molecule has 2 nitrogen and oxygen atoms in total. The minimum atomic E-state index is 0.561. The van der Waals surface area contributed by atoms with Gasteiger partial charge in [0.25, 0.3) is 0 Å². The van der Waals surface area contributed by atoms with E-state index >= 15 is 0 Å². The molecule has 0 heterocycles. The van der Waals surface area contributed by atoms with Crippen LogP contribution in [0.15, 0.2) is 0 Å². The van der Waals surface area contributed by atoms with Crippen LogP contribution in [0.2, 0.25) is 0 Å². The van der Waals surface area contributed by atoms with E-state index in [1.807, 2.05) is 0 Å². The highest BCUT2D eigenvalue weighted by atomic mass is 16.5. The lowest BCUT2D eigenvalue weighted by Crippen LogP contribution is -2.43. The molecule has 0 amide bonds. The first-order valence-corrected chi connectivity index (χ1v) is 6.48. The number of hydrogen-bond acceptors (Lipinski definition) is 2. The van der Waals surface area contributed by atoms with Crippen LogP contribution in [0, 0.1) is 11.3 Å². The third-order valence-electron chi connectivity index (χ3n) is 4.34. The molecule has 2 heteroatoms. The van der Waals surface area contributed by atoms with Crippen molar-refractivity contribution in [1.82, 2.24) is 5.32 Å². The lowest BCUT2D eigenvalue weighted by molar-refractivity contribution is 0.0689. The van der Waals surface area contributed by atoms with Crippen LogP contribution in [-0.2, 0) is 4.74 Å². The predicted molar refractivity (Wildman–Crippen MR) is 65.1 cm³/mol. The van der Waals surface area contributed by atoms with Gasteiger partial charge in [0, 0.05) is 20.2 Å². The SMILES string of the molecule is CCC(CC)(CNCCOC)C1CCC1. The molecule has 0 atom stereocenters. The lowest BCUT2D eigenvalue weighted by Gasteiger charge is -2.45. The first-order chi connectivity index (χ1) is 7.29. The van der Waals surface area contributed by atoms with Crippen LogP contribution < -0.4 is 5.32 Å². The summed E-state index contributed by atoms with van der Waals surface area (Å²) in [4.78, 5) is 0. The molecule has 0 saturated heterocycles. The molecule has 0 aromatic rings. The van der Waals surface area contributed by atoms with Crippen molar-refractivity contribution in [2.45, 2.75) is 46.0 Å². The summed E-state index contributed by atoms with van der Waals surface area (Å²) in [7, 11) is 1.76. The minimum Gasteiger partial charge on any atom is -0.383 e. The first-order valence-electron chi connectivity index (χ1n) is 6.48. The van der Waals surface area contributed by atoms with Gasteiger partial charge in [-0.25, -0.2) is 0 Å². The van der Waals surface area contributed by atoms with Crippen molar-refractivity contribution < 1.29 is 4.74 Å². The van der Waals surface area contributed by atoms with Gasteiger partial charge in [0.2, 0.25) is 0 Å². The Bertz CT molecular complexity index is 162. The smallest absolute Gasteiger partial charge is 0.0587 e. The quantitative estimate of drug-likeness (QED) is 0.626. The van der Waals surface area contributed by atoms with Gasteiger partial charge in [0.05, 0.1) is 6.61 Å². The normalized spacial score (nSPS) is 17.8. The van der Waals surface area contributed by atoms with E-state index in [-0.39, 0.29) is 0 Å². The second-order valence-corrected chi connectivity index (χ2v) is 4.87. The largest absolute Gasteiger partial charge is 0.383 e. The van der Waals surface area contributed by atoms with Gasteiger partial charge in [0.15, 0.2) is 0 Å². The van der Waals surface area contributed by atoms with Gasteiger partial charge >= 0.3 is 0 Å². The average Bonchev–Trinajstić information content (AvgIpc) is 2.20. The van der Waals surface area contributed by atoms with Gasteiger partial charge in [-0.15, -0.1) is 0 Å². The minimum absolute atomic E-state index is 0.561. The molecule has 0 aromatic carbocycles. The number of rotatable bonds is 8. The van der Waals surface area contributed by atoms with Crippen molar-refractivity contribution in [3.05, 3.63) is 0 Å². The summed E-state index contributed by atoms with van der Waals surface area (Å²) in [5.41, 5.74) is 0.561. The van der Waals surface area contributed by atoms with Crippen molar-refractivity contribution in [1.29, 1.82) is 0 Å². The van der Waals surface area contributed by atoms with E-state index in [9.17, 15) is 0 Å². The highest BCUT2D eigenvalue weighted by molar-refractivity contribution is 4.90. The molecule has 0 unspecified atom stereocenters. The van der Waals surface area contributed by atoms with Crippen molar-refractivity contribution in [2.24, 2.45) is 11.3 Å². The van der Waals surface area contributed by atoms with Crippen LogP contribution in [-0.4, -0.2) is 26.8 Å². The third-order valence-corrected chi connectivity index (χ3v) is 4.34. The zero-order chi connectivity index (χ0) is 11.1. The highest BCUT2D eigenvalue weighted by Crippen LogP contribution is 2.46. The predicted octanol–water partition coefficient (Wildman–Crippen LogP) is 2.83. The van der Waals surface area contributed by atoms with E-state index in [0.29, 0.717) is 5.41 Å². The molecule has 1 rings (SSSR count). The number of nitrogens with one attached hydrogen (secondary N) is 1. The van der Waals surface area contributed by atoms with Gasteiger partial charge < -0.3 is 10.1 Å². The van der Waals surface area contributed by atoms with Crippen molar-refractivity contribution >= 4 is 0 Å². The van der Waals surface area contributed by atoms with Gasteiger partial charge in [-0.3, -0.25) is 0 Å². The summed E-state index contributed by atoms with van der Waals surface area (Å²) in [5, 5.41) is 3.55. The van der Waals surface area contributed by atoms with E-state index in [1.54, 1.807) is 7.11 Å². The molecule has 0 aromatic heterocycles. The number of ether oxygens (including phenoxy) is 1. The topological polar surface area (TPSA) is 21.3 Å². The fourth-order valence-electron chi connectivity index (χ4n) is 2.75. The van der Waals surface area contributed by atoms with Gasteiger partial charge in [-0.05, 0) is 37.0 Å². The van der Waals surface area contributed by atoms with Gasteiger partial charge in [-0.2, -0.15) is 0 Å². The van der Waals surface area contributed by atoms with Crippen LogP contribution in [0.3, 0.4) is 0 Å². The van der Waals surface area contributed by atoms with E-state index < -0.39 is 0 Å². The van der Waals surface area contributed by atoms with Crippen LogP contribution in [0.4, 0.5) is 0 Å². The van der Waals surface area contributed by atoms with Crippen molar-refractivity contribution in [3.8, 4) is 0 Å². The molecule has 1 fully saturated rings. The summed E-state index contributed by atoms with van der Waals surface area (Å²) in [6.07, 6.45) is 6.98. The molecule has 1 aliphatic carbocycles. The maximum absolute atomic E-state index is 5.06. The molecule has 15 heavy (non-hydrogen) atoms. The third kappa shape index (κ3) is 3.18. The molecular weight excluding hydrogens is 186 g/mol. The summed E-state index contributed by atoms with van der Waals surface area (Å²) in [6.45, 7) is 7.69. The molecular formula is C13H27NO. The molecule has 1 aliphatic rings. The van der Waals surface area contributed by atoms with Crippen molar-refractivity contribution in [2.75, 3.05) is 26.8 Å². The van der Waals surface area contributed by atoms with Gasteiger partial charge in [-0.1, -0.05) is 20.3 Å². The summed E-state index contributed by atoms with van der Waals surface area (Å²) in [6, 6.07) is 0. The lowest BCUT2D eigenvalue weighted by atomic mass is 9.62. The van der Waals surface area contributed by atoms with Crippen LogP contribution in [0.1, 0.15) is 46.0 Å². The van der Waals surface area contributed by atoms with E-state index in [4.69, 9.17) is 4.74 Å². The molecule has 0 bridgehead atoms. The molecule has 90 valence electrons. The number of hydrogen-bond donors (Lipinski definition) is 1. The van der Waals surface area contributed by atoms with E-state index in [2.05, 4.69) is 19.2 Å². The monoisotopic (exact) mass is 213 g/mol. The summed E-state index contributed by atoms with van der Waals surface area (Å²) in [5.74, 6) is 0.975.